The molecule has 0 atom stereocenters. The molecular formula is C17H13BrO2S. The second kappa shape index (κ2) is 5.92. The van der Waals surface area contributed by atoms with Gasteiger partial charge in [0.15, 0.2) is 5.75 Å². The maximum atomic E-state index is 9.54. The Morgan fingerprint density at radius 1 is 1.19 bits per heavy atom. The van der Waals surface area contributed by atoms with E-state index in [1.165, 1.54) is 5.56 Å². The highest BCUT2D eigenvalue weighted by atomic mass is 79.9. The van der Waals surface area contributed by atoms with E-state index < -0.39 is 0 Å². The molecule has 0 saturated heterocycles. The molecule has 0 aliphatic rings. The molecule has 0 spiro atoms. The summed E-state index contributed by atoms with van der Waals surface area (Å²) in [5, 5.41) is 10.5. The SMILES string of the molecule is C=CCc1ccc(Oc2c(Br)sc3cc(O)ccc23)cc1. The van der Waals surface area contributed by atoms with E-state index in [2.05, 4.69) is 22.5 Å². The number of phenolic OH excluding ortho intramolecular Hbond substituents is 1. The van der Waals surface area contributed by atoms with Gasteiger partial charge in [0.1, 0.15) is 15.3 Å². The number of fused-ring (bicyclic) bond motifs is 1. The second-order valence-corrected chi connectivity index (χ2v) is 6.99. The Balaban J connectivity index is 1.94. The first kappa shape index (κ1) is 14.2. The fraction of sp³-hybridized carbons (Fsp3) is 0.0588. The molecule has 0 fully saturated rings. The number of hydrogen-bond donors (Lipinski definition) is 1. The van der Waals surface area contributed by atoms with E-state index in [0.717, 1.165) is 31.8 Å². The van der Waals surface area contributed by atoms with Crippen LogP contribution in [0.5, 0.6) is 17.2 Å². The van der Waals surface area contributed by atoms with Crippen molar-refractivity contribution in [3.8, 4) is 17.2 Å². The van der Waals surface area contributed by atoms with Crippen LogP contribution in [0.1, 0.15) is 5.56 Å². The molecule has 0 aliphatic heterocycles. The number of phenols is 1. The average molecular weight is 361 g/mol. The maximum absolute atomic E-state index is 9.54. The average Bonchev–Trinajstić information content (AvgIpc) is 2.76. The summed E-state index contributed by atoms with van der Waals surface area (Å²) in [5.74, 6) is 1.83. The van der Waals surface area contributed by atoms with Crippen LogP contribution in [-0.2, 0) is 6.42 Å². The number of ether oxygens (including phenoxy) is 1. The van der Waals surface area contributed by atoms with Crippen LogP contribution in [0.2, 0.25) is 0 Å². The van der Waals surface area contributed by atoms with Crippen LogP contribution in [0.4, 0.5) is 0 Å². The Hall–Kier alpha value is -1.78. The lowest BCUT2D eigenvalue weighted by molar-refractivity contribution is 0.476. The minimum Gasteiger partial charge on any atom is -0.508 e. The lowest BCUT2D eigenvalue weighted by atomic mass is 10.1. The molecule has 0 saturated carbocycles. The zero-order chi connectivity index (χ0) is 14.8. The highest BCUT2D eigenvalue weighted by Gasteiger charge is 2.13. The number of halogens is 1. The Bertz CT molecular complexity index is 790. The molecule has 0 amide bonds. The van der Waals surface area contributed by atoms with Crippen molar-refractivity contribution in [2.45, 2.75) is 6.42 Å². The first-order chi connectivity index (χ1) is 10.2. The molecule has 4 heteroatoms. The molecule has 1 aromatic heterocycles. The van der Waals surface area contributed by atoms with Crippen LogP contribution in [0.25, 0.3) is 10.1 Å². The van der Waals surface area contributed by atoms with Crippen molar-refractivity contribution in [2.24, 2.45) is 0 Å². The van der Waals surface area contributed by atoms with Crippen LogP contribution in [0.15, 0.2) is 58.9 Å². The van der Waals surface area contributed by atoms with Crippen molar-refractivity contribution in [2.75, 3.05) is 0 Å². The van der Waals surface area contributed by atoms with Crippen LogP contribution in [0.3, 0.4) is 0 Å². The van der Waals surface area contributed by atoms with E-state index in [4.69, 9.17) is 4.74 Å². The molecule has 0 bridgehead atoms. The second-order valence-electron chi connectivity index (χ2n) is 4.62. The Kier molecular flexibility index (Phi) is 3.99. The third-order valence-electron chi connectivity index (χ3n) is 3.11. The van der Waals surface area contributed by atoms with Gasteiger partial charge in [-0.15, -0.1) is 17.9 Å². The van der Waals surface area contributed by atoms with Gasteiger partial charge in [-0.2, -0.15) is 0 Å². The zero-order valence-electron chi connectivity index (χ0n) is 11.2. The third-order valence-corrected chi connectivity index (χ3v) is 4.88. The highest BCUT2D eigenvalue weighted by Crippen LogP contribution is 2.44. The van der Waals surface area contributed by atoms with Gasteiger partial charge in [-0.25, -0.2) is 0 Å². The molecule has 1 N–H and O–H groups in total. The van der Waals surface area contributed by atoms with Crippen LogP contribution < -0.4 is 4.74 Å². The first-order valence-corrected chi connectivity index (χ1v) is 8.07. The number of benzene rings is 2. The van der Waals surface area contributed by atoms with E-state index in [0.29, 0.717) is 0 Å². The van der Waals surface area contributed by atoms with Gasteiger partial charge in [-0.05, 0) is 58.2 Å². The summed E-state index contributed by atoms with van der Waals surface area (Å²) in [4.78, 5) is 0. The predicted octanol–water partition coefficient (Wildman–Crippen LogP) is 5.89. The summed E-state index contributed by atoms with van der Waals surface area (Å²) in [5.41, 5.74) is 1.21. The molecule has 0 radical (unpaired) electrons. The molecular weight excluding hydrogens is 348 g/mol. The normalized spacial score (nSPS) is 10.7. The van der Waals surface area contributed by atoms with Gasteiger partial charge in [0.2, 0.25) is 0 Å². The van der Waals surface area contributed by atoms with Gasteiger partial charge >= 0.3 is 0 Å². The van der Waals surface area contributed by atoms with Crippen molar-refractivity contribution < 1.29 is 9.84 Å². The molecule has 2 nitrogen and oxygen atoms in total. The van der Waals surface area contributed by atoms with Gasteiger partial charge < -0.3 is 9.84 Å². The summed E-state index contributed by atoms with van der Waals surface area (Å²) >= 11 is 5.07. The van der Waals surface area contributed by atoms with E-state index >= 15 is 0 Å². The van der Waals surface area contributed by atoms with Crippen molar-refractivity contribution in [3.05, 3.63) is 64.5 Å². The van der Waals surface area contributed by atoms with E-state index in [1.54, 1.807) is 23.5 Å². The molecule has 1 heterocycles. The number of allylic oxidation sites excluding steroid dienone is 1. The van der Waals surface area contributed by atoms with E-state index in [9.17, 15) is 5.11 Å². The largest absolute Gasteiger partial charge is 0.508 e. The quantitative estimate of drug-likeness (QED) is 0.587. The van der Waals surface area contributed by atoms with Gasteiger partial charge in [0.25, 0.3) is 0 Å². The van der Waals surface area contributed by atoms with Crippen molar-refractivity contribution in [1.82, 2.24) is 0 Å². The number of rotatable bonds is 4. The lowest BCUT2D eigenvalue weighted by Crippen LogP contribution is -1.85. The summed E-state index contributed by atoms with van der Waals surface area (Å²) < 4.78 is 7.89. The molecule has 2 aromatic carbocycles. The summed E-state index contributed by atoms with van der Waals surface area (Å²) in [6.07, 6.45) is 2.73. The Morgan fingerprint density at radius 2 is 1.95 bits per heavy atom. The fourth-order valence-electron chi connectivity index (χ4n) is 2.11. The summed E-state index contributed by atoms with van der Waals surface area (Å²) in [7, 11) is 0. The minimum absolute atomic E-state index is 0.261. The molecule has 106 valence electrons. The van der Waals surface area contributed by atoms with Gasteiger partial charge in [0.05, 0.1) is 0 Å². The van der Waals surface area contributed by atoms with Gasteiger partial charge in [-0.1, -0.05) is 18.2 Å². The lowest BCUT2D eigenvalue weighted by Gasteiger charge is -2.06. The van der Waals surface area contributed by atoms with Gasteiger partial charge in [-0.3, -0.25) is 0 Å². The zero-order valence-corrected chi connectivity index (χ0v) is 13.6. The number of thiophene rings is 1. The molecule has 3 aromatic rings. The van der Waals surface area contributed by atoms with Crippen LogP contribution >= 0.6 is 27.3 Å². The highest BCUT2D eigenvalue weighted by molar-refractivity contribution is 9.11. The third kappa shape index (κ3) is 2.96. The Morgan fingerprint density at radius 3 is 2.67 bits per heavy atom. The fourth-order valence-corrected chi connectivity index (χ4v) is 3.81. The van der Waals surface area contributed by atoms with Crippen molar-refractivity contribution >= 4 is 37.4 Å². The van der Waals surface area contributed by atoms with Crippen molar-refractivity contribution in [3.63, 3.8) is 0 Å². The van der Waals surface area contributed by atoms with Crippen LogP contribution in [-0.4, -0.2) is 5.11 Å². The summed E-state index contributed by atoms with van der Waals surface area (Å²) in [6.45, 7) is 3.74. The molecule has 0 unspecified atom stereocenters. The number of hydrogen-bond acceptors (Lipinski definition) is 3. The van der Waals surface area contributed by atoms with Crippen molar-refractivity contribution in [1.29, 1.82) is 0 Å². The van der Waals surface area contributed by atoms with Crippen LogP contribution in [0, 0.1) is 0 Å². The molecule has 3 rings (SSSR count). The monoisotopic (exact) mass is 360 g/mol. The van der Waals surface area contributed by atoms with E-state index in [1.807, 2.05) is 36.4 Å². The Labute approximate surface area is 135 Å². The summed E-state index contributed by atoms with van der Waals surface area (Å²) in [6, 6.07) is 13.3. The smallest absolute Gasteiger partial charge is 0.160 e. The number of aromatic hydroxyl groups is 1. The van der Waals surface area contributed by atoms with Gasteiger partial charge in [0, 0.05) is 10.1 Å². The first-order valence-electron chi connectivity index (χ1n) is 6.46. The van der Waals surface area contributed by atoms with E-state index in [-0.39, 0.29) is 5.75 Å². The topological polar surface area (TPSA) is 29.5 Å². The molecule has 0 aliphatic carbocycles. The molecule has 21 heavy (non-hydrogen) atoms. The predicted molar refractivity (Wildman–Crippen MR) is 91.6 cm³/mol. The standard InChI is InChI=1S/C17H13BrO2S/c1-2-3-11-4-7-13(8-5-11)20-16-14-9-6-12(19)10-15(14)21-17(16)18/h2,4-10,19H,1,3H2. The maximum Gasteiger partial charge on any atom is 0.160 e. The minimum atomic E-state index is 0.261.